The van der Waals surface area contributed by atoms with E-state index in [1.54, 1.807) is 0 Å². The predicted octanol–water partition coefficient (Wildman–Crippen LogP) is 2.42. The van der Waals surface area contributed by atoms with E-state index in [-0.39, 0.29) is 5.91 Å². The number of carbonyl (C=O) groups is 1. The molecule has 1 rings (SSSR count). The van der Waals surface area contributed by atoms with E-state index < -0.39 is 0 Å². The summed E-state index contributed by atoms with van der Waals surface area (Å²) in [6.45, 7) is 5.46. The Balaban J connectivity index is 2.37. The topological polar surface area (TPSA) is 59.6 Å². The van der Waals surface area contributed by atoms with E-state index in [4.69, 9.17) is 9.57 Å². The number of hydrogen-bond donors (Lipinski definition) is 2. The number of ether oxygens (including phenoxy) is 1. The molecule has 0 aromatic heterocycles. The van der Waals surface area contributed by atoms with E-state index in [0.29, 0.717) is 26.2 Å². The summed E-state index contributed by atoms with van der Waals surface area (Å²) in [6, 6.07) is 7.36. The zero-order chi connectivity index (χ0) is 13.2. The highest BCUT2D eigenvalue weighted by Crippen LogP contribution is 2.15. The summed E-state index contributed by atoms with van der Waals surface area (Å²) in [4.78, 5) is 16.5. The smallest absolute Gasteiger partial charge is 0.224 e. The molecule has 0 unspecified atom stereocenters. The molecule has 0 aliphatic carbocycles. The van der Waals surface area contributed by atoms with Gasteiger partial charge in [0.05, 0.1) is 18.9 Å². The zero-order valence-electron chi connectivity index (χ0n) is 10.9. The monoisotopic (exact) mass is 252 g/mol. The molecule has 100 valence electrons. The fourth-order valence-electron chi connectivity index (χ4n) is 1.29. The summed E-state index contributed by atoms with van der Waals surface area (Å²) >= 11 is 0. The van der Waals surface area contributed by atoms with Gasteiger partial charge in [-0.1, -0.05) is 13.0 Å². The minimum atomic E-state index is -0.00980. The van der Waals surface area contributed by atoms with Crippen molar-refractivity contribution in [3.05, 3.63) is 24.3 Å². The van der Waals surface area contributed by atoms with Gasteiger partial charge in [0, 0.05) is 18.7 Å². The molecule has 1 aromatic rings. The SMILES string of the molecule is CCOCCONc1cccc(NC(=O)CC)c1. The van der Waals surface area contributed by atoms with Gasteiger partial charge in [-0.05, 0) is 25.1 Å². The average molecular weight is 252 g/mol. The third kappa shape index (κ3) is 5.65. The second-order valence-corrected chi connectivity index (χ2v) is 3.63. The molecule has 1 amide bonds. The Hall–Kier alpha value is -1.59. The van der Waals surface area contributed by atoms with Crippen molar-refractivity contribution in [3.8, 4) is 0 Å². The van der Waals surface area contributed by atoms with Crippen LogP contribution in [0.15, 0.2) is 24.3 Å². The molecule has 0 spiro atoms. The largest absolute Gasteiger partial charge is 0.379 e. The van der Waals surface area contributed by atoms with Gasteiger partial charge in [-0.3, -0.25) is 15.1 Å². The van der Waals surface area contributed by atoms with Crippen LogP contribution in [0.1, 0.15) is 20.3 Å². The molecule has 0 atom stereocenters. The number of benzene rings is 1. The van der Waals surface area contributed by atoms with Crippen molar-refractivity contribution in [1.82, 2.24) is 0 Å². The van der Waals surface area contributed by atoms with Crippen LogP contribution in [0, 0.1) is 0 Å². The van der Waals surface area contributed by atoms with Crippen LogP contribution in [0.5, 0.6) is 0 Å². The maximum Gasteiger partial charge on any atom is 0.224 e. The second kappa shape index (κ2) is 8.49. The van der Waals surface area contributed by atoms with Crippen molar-refractivity contribution < 1.29 is 14.4 Å². The van der Waals surface area contributed by atoms with Crippen molar-refractivity contribution in [2.45, 2.75) is 20.3 Å². The van der Waals surface area contributed by atoms with Crippen LogP contribution in [-0.2, 0) is 14.4 Å². The van der Waals surface area contributed by atoms with Gasteiger partial charge in [0.15, 0.2) is 0 Å². The lowest BCUT2D eigenvalue weighted by Crippen LogP contribution is -2.11. The molecular weight excluding hydrogens is 232 g/mol. The minimum absolute atomic E-state index is 0.00980. The highest BCUT2D eigenvalue weighted by molar-refractivity contribution is 5.90. The van der Waals surface area contributed by atoms with Gasteiger partial charge in [-0.15, -0.1) is 0 Å². The molecule has 0 bridgehead atoms. The standard InChI is InChI=1S/C13H20N2O3/c1-3-13(16)14-11-6-5-7-12(10-11)15-18-9-8-17-4-2/h5-7,10,15H,3-4,8-9H2,1-2H3,(H,14,16). The summed E-state index contributed by atoms with van der Waals surface area (Å²) in [6.07, 6.45) is 0.461. The molecule has 0 saturated heterocycles. The Kier molecular flexibility index (Phi) is 6.83. The van der Waals surface area contributed by atoms with Gasteiger partial charge in [-0.2, -0.15) is 0 Å². The van der Waals surface area contributed by atoms with Crippen LogP contribution < -0.4 is 10.8 Å². The molecule has 0 aliphatic rings. The Bertz CT molecular complexity index is 369. The molecule has 0 fully saturated rings. The highest BCUT2D eigenvalue weighted by Gasteiger charge is 1.99. The van der Waals surface area contributed by atoms with Crippen LogP contribution >= 0.6 is 0 Å². The average Bonchev–Trinajstić information content (AvgIpc) is 2.39. The molecule has 0 saturated carbocycles. The highest BCUT2D eigenvalue weighted by atomic mass is 16.7. The van der Waals surface area contributed by atoms with Crippen LogP contribution in [0.25, 0.3) is 0 Å². The van der Waals surface area contributed by atoms with Crippen molar-refractivity contribution in [3.63, 3.8) is 0 Å². The lowest BCUT2D eigenvalue weighted by atomic mass is 10.3. The maximum atomic E-state index is 11.2. The summed E-state index contributed by atoms with van der Waals surface area (Å²) in [5.74, 6) is -0.00980. The summed E-state index contributed by atoms with van der Waals surface area (Å²) < 4.78 is 5.14. The molecule has 18 heavy (non-hydrogen) atoms. The Labute approximate surface area is 107 Å². The van der Waals surface area contributed by atoms with Gasteiger partial charge in [0.25, 0.3) is 0 Å². The fourth-order valence-corrected chi connectivity index (χ4v) is 1.29. The zero-order valence-corrected chi connectivity index (χ0v) is 10.9. The normalized spacial score (nSPS) is 10.1. The molecule has 1 aromatic carbocycles. The van der Waals surface area contributed by atoms with Gasteiger partial charge in [0.2, 0.25) is 5.91 Å². The van der Waals surface area contributed by atoms with Crippen molar-refractivity contribution in [2.75, 3.05) is 30.6 Å². The third-order valence-corrected chi connectivity index (χ3v) is 2.19. The first-order chi connectivity index (χ1) is 8.76. The first-order valence-electron chi connectivity index (χ1n) is 6.11. The molecular formula is C13H20N2O3. The number of nitrogens with one attached hydrogen (secondary N) is 2. The Morgan fingerprint density at radius 2 is 2.00 bits per heavy atom. The number of anilines is 2. The van der Waals surface area contributed by atoms with Crippen LogP contribution in [0.2, 0.25) is 0 Å². The first kappa shape index (κ1) is 14.5. The molecule has 0 heterocycles. The Morgan fingerprint density at radius 3 is 2.72 bits per heavy atom. The van der Waals surface area contributed by atoms with Crippen LogP contribution in [0.3, 0.4) is 0 Å². The van der Waals surface area contributed by atoms with Crippen molar-refractivity contribution in [2.24, 2.45) is 0 Å². The van der Waals surface area contributed by atoms with E-state index in [1.807, 2.05) is 38.1 Å². The lowest BCUT2D eigenvalue weighted by Gasteiger charge is -2.09. The quantitative estimate of drug-likeness (QED) is 0.551. The number of hydrogen-bond acceptors (Lipinski definition) is 4. The third-order valence-electron chi connectivity index (χ3n) is 2.19. The second-order valence-electron chi connectivity index (χ2n) is 3.63. The van der Waals surface area contributed by atoms with E-state index in [1.165, 1.54) is 0 Å². The maximum absolute atomic E-state index is 11.2. The van der Waals surface area contributed by atoms with Crippen molar-refractivity contribution in [1.29, 1.82) is 0 Å². The Morgan fingerprint density at radius 1 is 1.22 bits per heavy atom. The molecule has 0 aliphatic heterocycles. The number of carbonyl (C=O) groups excluding carboxylic acids is 1. The van der Waals surface area contributed by atoms with E-state index >= 15 is 0 Å². The molecule has 5 nitrogen and oxygen atoms in total. The summed E-state index contributed by atoms with van der Waals surface area (Å²) in [5, 5.41) is 2.78. The minimum Gasteiger partial charge on any atom is -0.379 e. The van der Waals surface area contributed by atoms with Gasteiger partial charge >= 0.3 is 0 Å². The van der Waals surface area contributed by atoms with Gasteiger partial charge < -0.3 is 10.1 Å². The van der Waals surface area contributed by atoms with E-state index in [9.17, 15) is 4.79 Å². The fraction of sp³-hybridized carbons (Fsp3) is 0.462. The van der Waals surface area contributed by atoms with E-state index in [0.717, 1.165) is 11.4 Å². The summed E-state index contributed by atoms with van der Waals surface area (Å²) in [5.41, 5.74) is 4.35. The van der Waals surface area contributed by atoms with Crippen LogP contribution in [-0.4, -0.2) is 25.7 Å². The first-order valence-corrected chi connectivity index (χ1v) is 6.11. The van der Waals surface area contributed by atoms with E-state index in [2.05, 4.69) is 10.8 Å². The number of rotatable bonds is 8. The molecule has 5 heteroatoms. The number of amides is 1. The van der Waals surface area contributed by atoms with Gasteiger partial charge in [0.1, 0.15) is 0 Å². The molecule has 0 radical (unpaired) electrons. The van der Waals surface area contributed by atoms with Crippen LogP contribution in [0.4, 0.5) is 11.4 Å². The van der Waals surface area contributed by atoms with Crippen molar-refractivity contribution >= 4 is 17.3 Å². The summed E-state index contributed by atoms with van der Waals surface area (Å²) in [7, 11) is 0. The molecule has 2 N–H and O–H groups in total. The lowest BCUT2D eigenvalue weighted by molar-refractivity contribution is -0.115. The van der Waals surface area contributed by atoms with Gasteiger partial charge in [-0.25, -0.2) is 0 Å². The predicted molar refractivity (Wildman–Crippen MR) is 71.4 cm³/mol.